The van der Waals surface area contributed by atoms with E-state index in [1.807, 2.05) is 25.1 Å². The molecular weight excluding hydrogens is 443 g/mol. The van der Waals surface area contributed by atoms with Crippen LogP contribution in [-0.2, 0) is 9.53 Å². The van der Waals surface area contributed by atoms with E-state index < -0.39 is 0 Å². The van der Waals surface area contributed by atoms with E-state index in [0.29, 0.717) is 16.6 Å². The number of hydrogen-bond acceptors (Lipinski definition) is 6. The second kappa shape index (κ2) is 7.81. The number of ether oxygens (including phenoxy) is 1. The number of alkyl halides is 1. The predicted molar refractivity (Wildman–Crippen MR) is 90.3 cm³/mol. The van der Waals surface area contributed by atoms with Crippen LogP contribution >= 0.6 is 11.6 Å². The Bertz CT molecular complexity index is 716. The van der Waals surface area contributed by atoms with Crippen molar-refractivity contribution in [3.05, 3.63) is 39.9 Å². The van der Waals surface area contributed by atoms with Crippen LogP contribution in [0.2, 0.25) is 5.02 Å². The molecule has 1 aromatic rings. The molecule has 0 bridgehead atoms. The van der Waals surface area contributed by atoms with Crippen LogP contribution in [0.4, 0.5) is 0 Å². The molecule has 1 atom stereocenters. The number of carbonyl (C=O) groups is 1. The third-order valence-electron chi connectivity index (χ3n) is 3.84. The zero-order chi connectivity index (χ0) is 17.1. The molecule has 2 aliphatic heterocycles. The van der Waals surface area contributed by atoms with Crippen LogP contribution in [0.25, 0.3) is 5.57 Å². The maximum absolute atomic E-state index is 12.3. The summed E-state index contributed by atoms with van der Waals surface area (Å²) in [5.41, 5.74) is 9.29. The number of carbonyl (C=O) groups excluding carboxylic acids is 1. The minimum atomic E-state index is -0.337. The van der Waals surface area contributed by atoms with Crippen molar-refractivity contribution in [1.82, 2.24) is 16.2 Å². The van der Waals surface area contributed by atoms with Crippen molar-refractivity contribution in [3.63, 3.8) is 0 Å². The van der Waals surface area contributed by atoms with Gasteiger partial charge in [-0.25, -0.2) is 0 Å². The van der Waals surface area contributed by atoms with Crippen LogP contribution in [0.5, 0.6) is 0 Å². The van der Waals surface area contributed by atoms with Gasteiger partial charge in [0.05, 0.1) is 0 Å². The fourth-order valence-electron chi connectivity index (χ4n) is 2.44. The zero-order valence-corrected chi connectivity index (χ0v) is 16.4. The Morgan fingerprint density at radius 2 is 2.33 bits per heavy atom. The second-order valence-corrected chi connectivity index (χ2v) is 7.92. The molecule has 0 aliphatic carbocycles. The number of esters is 1. The number of hydrazine groups is 1. The number of aryl methyl sites for hydroxylation is 1. The molecule has 2 aliphatic rings. The van der Waals surface area contributed by atoms with Gasteiger partial charge < -0.3 is 0 Å². The zero-order valence-electron chi connectivity index (χ0n) is 13.5. The summed E-state index contributed by atoms with van der Waals surface area (Å²) in [6, 6.07) is 4.24. The summed E-state index contributed by atoms with van der Waals surface area (Å²) < 4.78 is 10.4. The molecule has 0 radical (unpaired) electrons. The topological polar surface area (TPSA) is 84.7 Å². The predicted octanol–water partition coefficient (Wildman–Crippen LogP) is -1.62. The number of halogens is 2. The SMILES string of the molecule is COC(=O)/C(=C/CC1CN1)c1cc(C2=N[I-]CNN2)c(Cl)cc1C. The van der Waals surface area contributed by atoms with E-state index in [9.17, 15) is 4.79 Å². The van der Waals surface area contributed by atoms with Gasteiger partial charge in [-0.05, 0) is 0 Å². The number of nitrogens with zero attached hydrogens (tertiary/aromatic N) is 1. The van der Waals surface area contributed by atoms with Crippen molar-refractivity contribution in [3.8, 4) is 0 Å². The molecule has 3 N–H and O–H groups in total. The van der Waals surface area contributed by atoms with Gasteiger partial charge in [-0.2, -0.15) is 0 Å². The molecule has 0 spiro atoms. The Kier molecular flexibility index (Phi) is 5.75. The van der Waals surface area contributed by atoms with E-state index in [1.165, 1.54) is 7.11 Å². The van der Waals surface area contributed by atoms with Gasteiger partial charge in [0.25, 0.3) is 0 Å². The summed E-state index contributed by atoms with van der Waals surface area (Å²) in [7, 11) is 1.40. The summed E-state index contributed by atoms with van der Waals surface area (Å²) in [6.45, 7) is 2.93. The van der Waals surface area contributed by atoms with Gasteiger partial charge in [-0.3, -0.25) is 0 Å². The van der Waals surface area contributed by atoms with Crippen molar-refractivity contribution < 1.29 is 31.0 Å². The Hall–Kier alpha value is -1.16. The van der Waals surface area contributed by atoms with Gasteiger partial charge in [0.15, 0.2) is 0 Å². The molecule has 8 heteroatoms. The Morgan fingerprint density at radius 3 is 2.96 bits per heavy atom. The van der Waals surface area contributed by atoms with Crippen LogP contribution in [0.1, 0.15) is 23.1 Å². The van der Waals surface area contributed by atoms with Crippen LogP contribution in [0, 0.1) is 6.92 Å². The first-order chi connectivity index (χ1) is 11.6. The quantitative estimate of drug-likeness (QED) is 0.123. The first kappa shape index (κ1) is 17.7. The van der Waals surface area contributed by atoms with E-state index in [2.05, 4.69) is 19.4 Å². The summed E-state index contributed by atoms with van der Waals surface area (Å²) >= 11 is 6.13. The average molecular weight is 462 g/mol. The van der Waals surface area contributed by atoms with Crippen LogP contribution < -0.4 is 37.6 Å². The van der Waals surface area contributed by atoms with Gasteiger partial charge >= 0.3 is 157 Å². The van der Waals surface area contributed by atoms with Gasteiger partial charge in [0, 0.05) is 0 Å². The van der Waals surface area contributed by atoms with E-state index in [-0.39, 0.29) is 27.4 Å². The summed E-state index contributed by atoms with van der Waals surface area (Å²) in [5.74, 6) is 0.393. The molecule has 2 heterocycles. The molecule has 1 fully saturated rings. The summed E-state index contributed by atoms with van der Waals surface area (Å²) in [6.07, 6.45) is 2.74. The van der Waals surface area contributed by atoms with Gasteiger partial charge in [0.1, 0.15) is 0 Å². The third-order valence-corrected chi connectivity index (χ3v) is 5.70. The number of nitrogens with one attached hydrogen (secondary N) is 3. The van der Waals surface area contributed by atoms with Gasteiger partial charge in [0.2, 0.25) is 0 Å². The molecule has 0 amide bonds. The fourth-order valence-corrected chi connectivity index (χ4v) is 4.00. The number of benzene rings is 1. The van der Waals surface area contributed by atoms with Crippen molar-refractivity contribution in [1.29, 1.82) is 0 Å². The third kappa shape index (κ3) is 4.08. The van der Waals surface area contributed by atoms with Gasteiger partial charge in [-0.15, -0.1) is 0 Å². The molecule has 130 valence electrons. The van der Waals surface area contributed by atoms with E-state index >= 15 is 0 Å². The number of hydrogen-bond donors (Lipinski definition) is 3. The molecular formula is C16H19ClIN4O2-. The van der Waals surface area contributed by atoms with Crippen LogP contribution in [0.3, 0.4) is 0 Å². The molecule has 1 aromatic carbocycles. The van der Waals surface area contributed by atoms with E-state index in [0.717, 1.165) is 40.0 Å². The monoisotopic (exact) mass is 461 g/mol. The molecule has 1 saturated heterocycles. The molecule has 3 rings (SSSR count). The van der Waals surface area contributed by atoms with Crippen molar-refractivity contribution >= 4 is 29.0 Å². The first-order valence-electron chi connectivity index (χ1n) is 7.58. The molecule has 0 saturated carbocycles. The average Bonchev–Trinajstić information content (AvgIpc) is 3.41. The van der Waals surface area contributed by atoms with Crippen molar-refractivity contribution in [2.24, 2.45) is 3.21 Å². The molecule has 0 aromatic heterocycles. The summed E-state index contributed by atoms with van der Waals surface area (Å²) in [5, 5.41) is 3.85. The van der Waals surface area contributed by atoms with Crippen molar-refractivity contribution in [2.45, 2.75) is 19.4 Å². The fraction of sp³-hybridized carbons (Fsp3) is 0.375. The number of methoxy groups -OCH3 is 1. The number of rotatable bonds is 5. The first-order valence-corrected chi connectivity index (χ1v) is 10.4. The maximum atomic E-state index is 12.3. The Balaban J connectivity index is 2.01. The van der Waals surface area contributed by atoms with Crippen LogP contribution in [-0.4, -0.2) is 36.1 Å². The van der Waals surface area contributed by atoms with E-state index in [4.69, 9.17) is 16.3 Å². The standard InChI is InChI=1S/C16H19ClIN4O2/c1-9-5-14(17)13(15-21-18-8-20-22-15)6-12(9)11(16(23)24-2)4-3-10-7-19-10/h4-6,10,19-20H,3,7-8H2,1-2H3,(H,21,22)/q-1/b11-4+. The van der Waals surface area contributed by atoms with E-state index in [1.54, 1.807) is 0 Å². The van der Waals surface area contributed by atoms with Crippen LogP contribution in [0.15, 0.2) is 21.4 Å². The van der Waals surface area contributed by atoms with Crippen molar-refractivity contribution in [2.75, 3.05) is 18.2 Å². The minimum absolute atomic E-state index is 0.280. The van der Waals surface area contributed by atoms with Gasteiger partial charge in [-0.1, -0.05) is 0 Å². The Morgan fingerprint density at radius 1 is 1.54 bits per heavy atom. The Labute approximate surface area is 156 Å². The number of amidine groups is 1. The molecule has 6 nitrogen and oxygen atoms in total. The summed E-state index contributed by atoms with van der Waals surface area (Å²) in [4.78, 5) is 12.3. The second-order valence-electron chi connectivity index (χ2n) is 5.59. The molecule has 1 unspecified atom stereocenters. The molecule has 24 heavy (non-hydrogen) atoms. The normalized spacial score (nSPS) is 20.5.